The summed E-state index contributed by atoms with van der Waals surface area (Å²) in [6.07, 6.45) is 4.94. The van der Waals surface area contributed by atoms with Crippen LogP contribution in [0.25, 0.3) is 5.70 Å². The van der Waals surface area contributed by atoms with Gasteiger partial charge in [-0.2, -0.15) is 0 Å². The number of carbonyl (C=O) groups excluding carboxylic acids is 1. The van der Waals surface area contributed by atoms with E-state index in [0.29, 0.717) is 28.7 Å². The summed E-state index contributed by atoms with van der Waals surface area (Å²) < 4.78 is 14.3. The van der Waals surface area contributed by atoms with Crippen molar-refractivity contribution in [1.82, 2.24) is 9.97 Å². The fourth-order valence-electron chi connectivity index (χ4n) is 2.80. The second-order valence-electron chi connectivity index (χ2n) is 5.64. The number of benzene rings is 1. The second kappa shape index (κ2) is 7.66. The summed E-state index contributed by atoms with van der Waals surface area (Å²) in [5.74, 6) is -0.460. The van der Waals surface area contributed by atoms with Gasteiger partial charge in [0.05, 0.1) is 11.4 Å². The monoisotopic (exact) mass is 421 g/mol. The lowest BCUT2D eigenvalue weighted by molar-refractivity contribution is -0.121. The molecule has 0 fully saturated rings. The number of aromatic nitrogens is 2. The van der Waals surface area contributed by atoms with Crippen LogP contribution in [0.5, 0.6) is 0 Å². The first-order valence-electron chi connectivity index (χ1n) is 7.90. The highest BCUT2D eigenvalue weighted by molar-refractivity contribution is 9.11. The van der Waals surface area contributed by atoms with Crippen LogP contribution in [0, 0.1) is 11.7 Å². The third kappa shape index (κ3) is 3.62. The molecule has 1 atom stereocenters. The standard InChI is InChI=1S/C18H17BrFN3OS/c1-3-11-10-14(19)16(15-8-9-21-18(22-15)25-2)23(17(11)24)13-6-4-12(20)5-7-13/h4-9,11H,3,10H2,1-2H3. The fourth-order valence-corrected chi connectivity index (χ4v) is 3.93. The van der Waals surface area contributed by atoms with Crippen molar-refractivity contribution in [1.29, 1.82) is 0 Å². The van der Waals surface area contributed by atoms with Gasteiger partial charge in [-0.15, -0.1) is 0 Å². The SMILES string of the molecule is CCC1CC(Br)=C(c2ccnc(SC)n2)N(c2ccc(F)cc2)C1=O. The molecule has 1 aromatic carbocycles. The Balaban J connectivity index is 2.16. The minimum atomic E-state index is -0.337. The molecule has 1 aliphatic heterocycles. The predicted molar refractivity (Wildman–Crippen MR) is 102 cm³/mol. The summed E-state index contributed by atoms with van der Waals surface area (Å²) >= 11 is 5.08. The molecule has 1 aromatic heterocycles. The molecule has 2 heterocycles. The van der Waals surface area contributed by atoms with Crippen LogP contribution < -0.4 is 4.90 Å². The summed E-state index contributed by atoms with van der Waals surface area (Å²) in [6, 6.07) is 7.73. The number of carbonyl (C=O) groups is 1. The summed E-state index contributed by atoms with van der Waals surface area (Å²) in [5.41, 5.74) is 1.98. The van der Waals surface area contributed by atoms with E-state index in [1.807, 2.05) is 13.2 Å². The van der Waals surface area contributed by atoms with E-state index in [4.69, 9.17) is 0 Å². The van der Waals surface area contributed by atoms with Crippen LogP contribution in [-0.2, 0) is 4.79 Å². The lowest BCUT2D eigenvalue weighted by Gasteiger charge is -2.34. The largest absolute Gasteiger partial charge is 0.278 e. The molecule has 0 N–H and O–H groups in total. The van der Waals surface area contributed by atoms with Gasteiger partial charge in [0.2, 0.25) is 5.91 Å². The van der Waals surface area contributed by atoms with E-state index in [1.54, 1.807) is 29.3 Å². The van der Waals surface area contributed by atoms with Crippen molar-refractivity contribution < 1.29 is 9.18 Å². The Morgan fingerprint density at radius 2 is 2.04 bits per heavy atom. The number of hydrogen-bond donors (Lipinski definition) is 0. The zero-order valence-electron chi connectivity index (χ0n) is 13.9. The molecule has 0 radical (unpaired) electrons. The van der Waals surface area contributed by atoms with E-state index >= 15 is 0 Å². The first-order valence-corrected chi connectivity index (χ1v) is 9.92. The third-order valence-corrected chi connectivity index (χ3v) is 5.37. The van der Waals surface area contributed by atoms with Gasteiger partial charge in [-0.05, 0) is 49.4 Å². The molecular weight excluding hydrogens is 405 g/mol. The van der Waals surface area contributed by atoms with Gasteiger partial charge < -0.3 is 0 Å². The van der Waals surface area contributed by atoms with Crippen LogP contribution in [0.4, 0.5) is 10.1 Å². The van der Waals surface area contributed by atoms with Crippen molar-refractivity contribution in [2.75, 3.05) is 11.2 Å². The highest BCUT2D eigenvalue weighted by Crippen LogP contribution is 2.40. The van der Waals surface area contributed by atoms with Gasteiger partial charge in [-0.25, -0.2) is 14.4 Å². The van der Waals surface area contributed by atoms with Gasteiger partial charge in [-0.1, -0.05) is 34.6 Å². The molecule has 4 nitrogen and oxygen atoms in total. The smallest absolute Gasteiger partial charge is 0.235 e. The molecule has 0 bridgehead atoms. The molecule has 0 saturated carbocycles. The molecule has 0 aliphatic carbocycles. The minimum absolute atomic E-state index is 0.00313. The van der Waals surface area contributed by atoms with Crippen molar-refractivity contribution in [3.05, 3.63) is 52.5 Å². The second-order valence-corrected chi connectivity index (χ2v) is 7.37. The first kappa shape index (κ1) is 18.1. The van der Waals surface area contributed by atoms with E-state index in [-0.39, 0.29) is 17.6 Å². The Morgan fingerprint density at radius 1 is 1.32 bits per heavy atom. The van der Waals surface area contributed by atoms with Crippen molar-refractivity contribution >= 4 is 45.0 Å². The van der Waals surface area contributed by atoms with Crippen molar-refractivity contribution in [3.63, 3.8) is 0 Å². The maximum atomic E-state index is 13.3. The maximum absolute atomic E-state index is 13.3. The van der Waals surface area contributed by atoms with Gasteiger partial charge >= 0.3 is 0 Å². The average Bonchev–Trinajstić information content (AvgIpc) is 2.63. The van der Waals surface area contributed by atoms with Crippen LogP contribution in [0.15, 0.2) is 46.2 Å². The van der Waals surface area contributed by atoms with Crippen LogP contribution in [0.3, 0.4) is 0 Å². The Morgan fingerprint density at radius 3 is 2.68 bits per heavy atom. The number of allylic oxidation sites excluding steroid dienone is 1. The van der Waals surface area contributed by atoms with Crippen LogP contribution in [0.1, 0.15) is 25.5 Å². The molecule has 0 saturated heterocycles. The summed E-state index contributed by atoms with van der Waals surface area (Å²) in [7, 11) is 0. The normalized spacial score (nSPS) is 18.0. The van der Waals surface area contributed by atoms with Crippen molar-refractivity contribution in [2.24, 2.45) is 5.92 Å². The van der Waals surface area contributed by atoms with Crippen molar-refractivity contribution in [2.45, 2.75) is 24.9 Å². The molecule has 130 valence electrons. The molecule has 1 amide bonds. The van der Waals surface area contributed by atoms with Crippen LogP contribution in [-0.4, -0.2) is 22.1 Å². The zero-order valence-corrected chi connectivity index (χ0v) is 16.3. The molecule has 0 spiro atoms. The molecule has 1 aliphatic rings. The molecule has 25 heavy (non-hydrogen) atoms. The van der Waals surface area contributed by atoms with Crippen molar-refractivity contribution in [3.8, 4) is 0 Å². The minimum Gasteiger partial charge on any atom is -0.278 e. The summed E-state index contributed by atoms with van der Waals surface area (Å²) in [4.78, 5) is 23.4. The Bertz CT molecular complexity index is 825. The fraction of sp³-hybridized carbons (Fsp3) is 0.278. The quantitative estimate of drug-likeness (QED) is 0.521. The van der Waals surface area contributed by atoms with E-state index in [1.165, 1.54) is 23.9 Å². The van der Waals surface area contributed by atoms with Crippen LogP contribution >= 0.6 is 27.7 Å². The number of anilines is 1. The van der Waals surface area contributed by atoms with Gasteiger partial charge in [0, 0.05) is 22.3 Å². The Kier molecular flexibility index (Phi) is 5.54. The number of amides is 1. The third-order valence-electron chi connectivity index (χ3n) is 4.11. The Labute approximate surface area is 158 Å². The molecule has 1 unspecified atom stereocenters. The van der Waals surface area contributed by atoms with E-state index in [0.717, 1.165) is 10.9 Å². The van der Waals surface area contributed by atoms with E-state index in [9.17, 15) is 9.18 Å². The Hall–Kier alpha value is -1.73. The van der Waals surface area contributed by atoms with Gasteiger partial charge in [-0.3, -0.25) is 9.69 Å². The first-order chi connectivity index (χ1) is 12.0. The number of halogens is 2. The molecule has 3 rings (SSSR count). The number of rotatable bonds is 4. The van der Waals surface area contributed by atoms with Crippen LogP contribution in [0.2, 0.25) is 0 Å². The van der Waals surface area contributed by atoms with E-state index in [2.05, 4.69) is 25.9 Å². The zero-order chi connectivity index (χ0) is 18.0. The maximum Gasteiger partial charge on any atom is 0.235 e. The highest BCUT2D eigenvalue weighted by atomic mass is 79.9. The predicted octanol–water partition coefficient (Wildman–Crippen LogP) is 4.86. The summed E-state index contributed by atoms with van der Waals surface area (Å²) in [5, 5.41) is 0.634. The van der Waals surface area contributed by atoms with Gasteiger partial charge in [0.25, 0.3) is 0 Å². The number of thioether (sulfide) groups is 1. The average molecular weight is 422 g/mol. The van der Waals surface area contributed by atoms with Gasteiger partial charge in [0.1, 0.15) is 5.82 Å². The lowest BCUT2D eigenvalue weighted by atomic mass is 9.94. The molecule has 2 aromatic rings. The summed E-state index contributed by atoms with van der Waals surface area (Å²) in [6.45, 7) is 1.99. The lowest BCUT2D eigenvalue weighted by Crippen LogP contribution is -2.39. The number of hydrogen-bond acceptors (Lipinski definition) is 4. The van der Waals surface area contributed by atoms with E-state index < -0.39 is 0 Å². The van der Waals surface area contributed by atoms with Gasteiger partial charge in [0.15, 0.2) is 5.16 Å². The topological polar surface area (TPSA) is 46.1 Å². The number of nitrogens with zero attached hydrogens (tertiary/aromatic N) is 3. The molecule has 7 heteroatoms. The molecular formula is C18H17BrFN3OS. The highest BCUT2D eigenvalue weighted by Gasteiger charge is 2.35.